The van der Waals surface area contributed by atoms with Gasteiger partial charge in [-0.1, -0.05) is 57.5 Å². The zero-order valence-corrected chi connectivity index (χ0v) is 16.2. The Morgan fingerprint density at radius 2 is 1.89 bits per heavy atom. The van der Waals surface area contributed by atoms with Gasteiger partial charge in [-0.25, -0.2) is 4.79 Å². The van der Waals surface area contributed by atoms with Gasteiger partial charge in [0.05, 0.1) is 6.54 Å². The number of benzene rings is 1. The van der Waals surface area contributed by atoms with Gasteiger partial charge in [-0.2, -0.15) is 0 Å². The first kappa shape index (κ1) is 20.5. The molecular formula is C20H28N4O3. The molecular weight excluding hydrogens is 344 g/mol. The molecule has 0 aliphatic rings. The van der Waals surface area contributed by atoms with Crippen LogP contribution in [-0.4, -0.2) is 22.0 Å². The molecule has 0 saturated carbocycles. The van der Waals surface area contributed by atoms with Crippen molar-refractivity contribution in [3.8, 4) is 0 Å². The van der Waals surface area contributed by atoms with E-state index in [-0.39, 0.29) is 29.9 Å². The molecule has 0 atom stereocenters. The van der Waals surface area contributed by atoms with Gasteiger partial charge in [-0.15, -0.1) is 0 Å². The molecule has 1 aromatic heterocycles. The van der Waals surface area contributed by atoms with E-state index >= 15 is 0 Å². The maximum absolute atomic E-state index is 12.7. The lowest BCUT2D eigenvalue weighted by Crippen LogP contribution is -2.42. The molecule has 0 fully saturated rings. The van der Waals surface area contributed by atoms with Gasteiger partial charge in [0.15, 0.2) is 5.69 Å². The highest BCUT2D eigenvalue weighted by atomic mass is 16.2. The third kappa shape index (κ3) is 5.09. The lowest BCUT2D eigenvalue weighted by Gasteiger charge is -2.25. The molecule has 0 saturated heterocycles. The van der Waals surface area contributed by atoms with Crippen LogP contribution < -0.4 is 21.9 Å². The van der Waals surface area contributed by atoms with Crippen LogP contribution in [0.2, 0.25) is 0 Å². The smallest absolute Gasteiger partial charge is 0.330 e. The van der Waals surface area contributed by atoms with Crippen molar-refractivity contribution < 1.29 is 4.79 Å². The topological polar surface area (TPSA) is 101 Å². The molecule has 2 rings (SSSR count). The van der Waals surface area contributed by atoms with Crippen LogP contribution in [0.5, 0.6) is 0 Å². The first-order valence-electron chi connectivity index (χ1n) is 9.32. The van der Waals surface area contributed by atoms with Crippen molar-refractivity contribution in [2.75, 3.05) is 17.2 Å². The van der Waals surface area contributed by atoms with Crippen LogP contribution in [0.3, 0.4) is 0 Å². The Labute approximate surface area is 158 Å². The number of nitrogens with one attached hydrogen (secondary N) is 1. The van der Waals surface area contributed by atoms with Crippen molar-refractivity contribution in [3.63, 3.8) is 0 Å². The lowest BCUT2D eigenvalue weighted by molar-refractivity contribution is -0.119. The van der Waals surface area contributed by atoms with Crippen molar-refractivity contribution >= 4 is 17.4 Å². The number of carbonyl (C=O) groups is 1. The number of amides is 1. The molecule has 0 spiro atoms. The zero-order valence-electron chi connectivity index (χ0n) is 16.2. The molecule has 0 bridgehead atoms. The van der Waals surface area contributed by atoms with E-state index in [1.165, 1.54) is 9.47 Å². The minimum absolute atomic E-state index is 0.0146. The van der Waals surface area contributed by atoms with E-state index in [0.29, 0.717) is 13.0 Å². The normalized spacial score (nSPS) is 11.0. The first-order chi connectivity index (χ1) is 12.8. The van der Waals surface area contributed by atoms with Crippen LogP contribution in [0.15, 0.2) is 39.9 Å². The molecule has 1 heterocycles. The molecule has 3 N–H and O–H groups in total. The number of aromatic nitrogens is 2. The number of carbonyl (C=O) groups excluding carboxylic acids is 1. The number of hydrogen-bond donors (Lipinski definition) is 2. The maximum atomic E-state index is 12.7. The third-order valence-corrected chi connectivity index (χ3v) is 4.29. The number of H-pyrrole nitrogens is 1. The summed E-state index contributed by atoms with van der Waals surface area (Å²) in [5, 5.41) is 0. The Morgan fingerprint density at radius 3 is 2.48 bits per heavy atom. The van der Waals surface area contributed by atoms with Crippen LogP contribution >= 0.6 is 0 Å². The molecule has 1 aromatic carbocycles. The fourth-order valence-corrected chi connectivity index (χ4v) is 2.90. The number of nitrogens with zero attached hydrogens (tertiary/aromatic N) is 2. The van der Waals surface area contributed by atoms with Gasteiger partial charge in [0.25, 0.3) is 5.56 Å². The standard InChI is InChI=1S/C20H28N4O3/c1-4-5-11-23(16(25)12-14(2)3)17-18(21)24(20(27)22-19(17)26)13-15-9-7-6-8-10-15/h6-10,14H,4-5,11-13,21H2,1-3H3,(H,22,26,27). The Morgan fingerprint density at radius 1 is 1.22 bits per heavy atom. The Kier molecular flexibility index (Phi) is 6.98. The molecule has 1 amide bonds. The number of nitrogens with two attached hydrogens (primary N) is 1. The van der Waals surface area contributed by atoms with Gasteiger partial charge in [-0.3, -0.25) is 19.1 Å². The second-order valence-electron chi connectivity index (χ2n) is 7.06. The molecule has 0 unspecified atom stereocenters. The van der Waals surface area contributed by atoms with Gasteiger partial charge in [-0.05, 0) is 17.9 Å². The second kappa shape index (κ2) is 9.21. The van der Waals surface area contributed by atoms with Crippen LogP contribution in [0.1, 0.15) is 45.6 Å². The minimum Gasteiger partial charge on any atom is -0.383 e. The number of unbranched alkanes of at least 4 members (excludes halogenated alkanes) is 1. The van der Waals surface area contributed by atoms with Crippen LogP contribution in [0, 0.1) is 5.92 Å². The summed E-state index contributed by atoms with van der Waals surface area (Å²) in [6, 6.07) is 9.35. The summed E-state index contributed by atoms with van der Waals surface area (Å²) >= 11 is 0. The van der Waals surface area contributed by atoms with Crippen LogP contribution in [-0.2, 0) is 11.3 Å². The van der Waals surface area contributed by atoms with E-state index < -0.39 is 11.2 Å². The molecule has 2 aromatic rings. The zero-order chi connectivity index (χ0) is 20.0. The van der Waals surface area contributed by atoms with E-state index in [1.54, 1.807) is 0 Å². The summed E-state index contributed by atoms with van der Waals surface area (Å²) in [6.07, 6.45) is 1.91. The highest BCUT2D eigenvalue weighted by Gasteiger charge is 2.24. The highest BCUT2D eigenvalue weighted by Crippen LogP contribution is 2.20. The summed E-state index contributed by atoms with van der Waals surface area (Å²) in [5.41, 5.74) is 5.94. The summed E-state index contributed by atoms with van der Waals surface area (Å²) < 4.78 is 1.30. The Bertz CT molecular complexity index is 884. The molecule has 0 radical (unpaired) electrons. The molecule has 0 aliphatic carbocycles. The largest absolute Gasteiger partial charge is 0.383 e. The average Bonchev–Trinajstić information content (AvgIpc) is 2.61. The van der Waals surface area contributed by atoms with Crippen LogP contribution in [0.25, 0.3) is 0 Å². The van der Waals surface area contributed by atoms with E-state index in [1.807, 2.05) is 51.1 Å². The van der Waals surface area contributed by atoms with Crippen molar-refractivity contribution in [2.45, 2.75) is 46.6 Å². The SMILES string of the molecule is CCCCN(C(=O)CC(C)C)c1c(N)n(Cc2ccccc2)c(=O)[nH]c1=O. The van der Waals surface area contributed by atoms with Gasteiger partial charge >= 0.3 is 5.69 Å². The Balaban J connectivity index is 2.52. The van der Waals surface area contributed by atoms with Crippen molar-refractivity contribution in [1.29, 1.82) is 0 Å². The molecule has 27 heavy (non-hydrogen) atoms. The summed E-state index contributed by atoms with van der Waals surface area (Å²) in [4.78, 5) is 41.3. The van der Waals surface area contributed by atoms with Crippen molar-refractivity contribution in [3.05, 3.63) is 56.7 Å². The number of aromatic amines is 1. The number of anilines is 2. The summed E-state index contributed by atoms with van der Waals surface area (Å²) in [6.45, 7) is 6.50. The van der Waals surface area contributed by atoms with Gasteiger partial charge < -0.3 is 10.6 Å². The van der Waals surface area contributed by atoms with Gasteiger partial charge in [0.2, 0.25) is 5.91 Å². The van der Waals surface area contributed by atoms with E-state index in [9.17, 15) is 14.4 Å². The van der Waals surface area contributed by atoms with Gasteiger partial charge in [0.1, 0.15) is 5.82 Å². The van der Waals surface area contributed by atoms with Gasteiger partial charge in [0, 0.05) is 13.0 Å². The molecule has 146 valence electrons. The third-order valence-electron chi connectivity index (χ3n) is 4.29. The second-order valence-corrected chi connectivity index (χ2v) is 7.06. The summed E-state index contributed by atoms with van der Waals surface area (Å²) in [5.74, 6) is -0.00136. The quantitative estimate of drug-likeness (QED) is 0.742. The molecule has 7 nitrogen and oxygen atoms in total. The molecule has 7 heteroatoms. The minimum atomic E-state index is -0.630. The predicted octanol–water partition coefficient (Wildman–Crippen LogP) is 2.35. The number of nitrogen functional groups attached to an aromatic ring is 1. The predicted molar refractivity (Wildman–Crippen MR) is 108 cm³/mol. The average molecular weight is 372 g/mol. The van der Waals surface area contributed by atoms with E-state index in [2.05, 4.69) is 4.98 Å². The first-order valence-corrected chi connectivity index (χ1v) is 9.32. The lowest BCUT2D eigenvalue weighted by atomic mass is 10.1. The van der Waals surface area contributed by atoms with E-state index in [4.69, 9.17) is 5.73 Å². The molecule has 0 aliphatic heterocycles. The monoisotopic (exact) mass is 372 g/mol. The number of rotatable bonds is 8. The highest BCUT2D eigenvalue weighted by molar-refractivity contribution is 5.95. The van der Waals surface area contributed by atoms with Crippen LogP contribution in [0.4, 0.5) is 11.5 Å². The summed E-state index contributed by atoms with van der Waals surface area (Å²) in [7, 11) is 0. The van der Waals surface area contributed by atoms with Crippen molar-refractivity contribution in [2.24, 2.45) is 5.92 Å². The van der Waals surface area contributed by atoms with Crippen molar-refractivity contribution in [1.82, 2.24) is 9.55 Å². The Hall–Kier alpha value is -2.83. The fourth-order valence-electron chi connectivity index (χ4n) is 2.90. The maximum Gasteiger partial charge on any atom is 0.330 e. The van der Waals surface area contributed by atoms with E-state index in [0.717, 1.165) is 18.4 Å². The fraction of sp³-hybridized carbons (Fsp3) is 0.450. The number of hydrogen-bond acceptors (Lipinski definition) is 4.